The van der Waals surface area contributed by atoms with E-state index in [1.807, 2.05) is 18.6 Å². The van der Waals surface area contributed by atoms with E-state index in [1.165, 1.54) is 0 Å². The van der Waals surface area contributed by atoms with Crippen LogP contribution in [0, 0.1) is 0 Å². The summed E-state index contributed by atoms with van der Waals surface area (Å²) in [5.41, 5.74) is 0. The lowest BCUT2D eigenvalue weighted by Crippen LogP contribution is -1.80. The summed E-state index contributed by atoms with van der Waals surface area (Å²) in [5, 5.41) is 1.74. The van der Waals surface area contributed by atoms with Crippen molar-refractivity contribution in [2.75, 3.05) is 12.5 Å². The SMILES string of the molecule is CSc1cc(SC)c(Cl)cn1. The summed E-state index contributed by atoms with van der Waals surface area (Å²) in [7, 11) is 0. The lowest BCUT2D eigenvalue weighted by molar-refractivity contribution is 1.10. The number of halogens is 1. The molecule has 0 aromatic carbocycles. The molecular formula is C7H8ClNS2. The van der Waals surface area contributed by atoms with Crippen molar-refractivity contribution < 1.29 is 0 Å². The van der Waals surface area contributed by atoms with Gasteiger partial charge in [-0.3, -0.25) is 0 Å². The van der Waals surface area contributed by atoms with Crippen molar-refractivity contribution in [1.82, 2.24) is 4.98 Å². The molecule has 1 aromatic rings. The normalized spacial score (nSPS) is 10.1. The minimum atomic E-state index is 0.732. The molecule has 0 atom stereocenters. The number of hydrogen-bond acceptors (Lipinski definition) is 3. The molecule has 0 saturated heterocycles. The quantitative estimate of drug-likeness (QED) is 0.689. The van der Waals surface area contributed by atoms with Gasteiger partial charge in [0, 0.05) is 11.1 Å². The number of pyridine rings is 1. The summed E-state index contributed by atoms with van der Waals surface area (Å²) in [6.45, 7) is 0. The second kappa shape index (κ2) is 4.24. The van der Waals surface area contributed by atoms with Crippen molar-refractivity contribution in [3.05, 3.63) is 17.3 Å². The summed E-state index contributed by atoms with van der Waals surface area (Å²) < 4.78 is 0. The molecule has 0 saturated carbocycles. The molecule has 0 bridgehead atoms. The van der Waals surface area contributed by atoms with Crippen LogP contribution in [-0.4, -0.2) is 17.5 Å². The van der Waals surface area contributed by atoms with Crippen molar-refractivity contribution in [1.29, 1.82) is 0 Å². The summed E-state index contributed by atoms with van der Waals surface area (Å²) in [4.78, 5) is 5.21. The fraction of sp³-hybridized carbons (Fsp3) is 0.286. The van der Waals surface area contributed by atoms with Gasteiger partial charge in [-0.15, -0.1) is 23.5 Å². The highest BCUT2D eigenvalue weighted by atomic mass is 35.5. The highest BCUT2D eigenvalue weighted by Gasteiger charge is 2.00. The van der Waals surface area contributed by atoms with Crippen molar-refractivity contribution in [3.63, 3.8) is 0 Å². The molecule has 1 heterocycles. The smallest absolute Gasteiger partial charge is 0.0969 e. The third-order valence-corrected chi connectivity index (χ3v) is 3.06. The molecule has 1 aromatic heterocycles. The van der Waals surface area contributed by atoms with Crippen molar-refractivity contribution in [3.8, 4) is 0 Å². The van der Waals surface area contributed by atoms with E-state index in [1.54, 1.807) is 29.7 Å². The van der Waals surface area contributed by atoms with E-state index in [0.717, 1.165) is 14.9 Å². The summed E-state index contributed by atoms with van der Waals surface area (Å²) in [5.74, 6) is 0. The van der Waals surface area contributed by atoms with Gasteiger partial charge in [-0.25, -0.2) is 4.98 Å². The predicted molar refractivity (Wildman–Crippen MR) is 52.8 cm³/mol. The summed E-state index contributed by atoms with van der Waals surface area (Å²) in [6.07, 6.45) is 5.70. The van der Waals surface area contributed by atoms with Gasteiger partial charge in [0.25, 0.3) is 0 Å². The van der Waals surface area contributed by atoms with Crippen LogP contribution in [-0.2, 0) is 0 Å². The van der Waals surface area contributed by atoms with Gasteiger partial charge >= 0.3 is 0 Å². The average Bonchev–Trinajstić information content (AvgIpc) is 2.05. The highest BCUT2D eigenvalue weighted by molar-refractivity contribution is 7.99. The van der Waals surface area contributed by atoms with Crippen LogP contribution < -0.4 is 0 Å². The molecule has 0 spiro atoms. The van der Waals surface area contributed by atoms with E-state index < -0.39 is 0 Å². The Balaban J connectivity index is 3.02. The van der Waals surface area contributed by atoms with E-state index in [0.29, 0.717) is 0 Å². The van der Waals surface area contributed by atoms with Gasteiger partial charge in [0.15, 0.2) is 0 Å². The van der Waals surface area contributed by atoms with Crippen LogP contribution >= 0.6 is 35.1 Å². The van der Waals surface area contributed by atoms with E-state index in [9.17, 15) is 0 Å². The Hall–Kier alpha value is 0.140. The molecule has 11 heavy (non-hydrogen) atoms. The second-order valence-electron chi connectivity index (χ2n) is 1.86. The molecule has 0 radical (unpaired) electrons. The van der Waals surface area contributed by atoms with Crippen LogP contribution in [0.4, 0.5) is 0 Å². The maximum Gasteiger partial charge on any atom is 0.0969 e. The monoisotopic (exact) mass is 205 g/mol. The molecule has 0 unspecified atom stereocenters. The minimum Gasteiger partial charge on any atom is -0.248 e. The van der Waals surface area contributed by atoms with Gasteiger partial charge in [0.1, 0.15) is 0 Å². The number of rotatable bonds is 2. The summed E-state index contributed by atoms with van der Waals surface area (Å²) >= 11 is 9.12. The van der Waals surface area contributed by atoms with Gasteiger partial charge < -0.3 is 0 Å². The zero-order valence-corrected chi connectivity index (χ0v) is 8.69. The van der Waals surface area contributed by atoms with Gasteiger partial charge in [-0.2, -0.15) is 0 Å². The number of thioether (sulfide) groups is 2. The first-order valence-electron chi connectivity index (χ1n) is 3.01. The third-order valence-electron chi connectivity index (χ3n) is 1.22. The summed E-state index contributed by atoms with van der Waals surface area (Å²) in [6, 6.07) is 2.00. The van der Waals surface area contributed by atoms with Crippen molar-refractivity contribution >= 4 is 35.1 Å². The van der Waals surface area contributed by atoms with Gasteiger partial charge in [-0.05, 0) is 18.6 Å². The first-order valence-corrected chi connectivity index (χ1v) is 5.84. The van der Waals surface area contributed by atoms with E-state index >= 15 is 0 Å². The molecule has 1 nitrogen and oxygen atoms in total. The topological polar surface area (TPSA) is 12.9 Å². The maximum atomic E-state index is 5.86. The van der Waals surface area contributed by atoms with Gasteiger partial charge in [0.2, 0.25) is 0 Å². The molecule has 0 N–H and O–H groups in total. The van der Waals surface area contributed by atoms with Crippen LogP contribution in [0.25, 0.3) is 0 Å². The molecule has 4 heteroatoms. The second-order valence-corrected chi connectivity index (χ2v) is 3.94. The predicted octanol–water partition coefficient (Wildman–Crippen LogP) is 3.18. The van der Waals surface area contributed by atoms with Crippen LogP contribution in [0.1, 0.15) is 0 Å². The Morgan fingerprint density at radius 3 is 2.64 bits per heavy atom. The molecule has 60 valence electrons. The van der Waals surface area contributed by atoms with Crippen LogP contribution in [0.3, 0.4) is 0 Å². The van der Waals surface area contributed by atoms with E-state index in [-0.39, 0.29) is 0 Å². The number of nitrogens with zero attached hydrogens (tertiary/aromatic N) is 1. The standard InChI is InChI=1S/C7H8ClNS2/c1-10-6-3-7(11-2)9-4-5(6)8/h3-4H,1-2H3. The molecule has 0 aliphatic rings. The highest BCUT2D eigenvalue weighted by Crippen LogP contribution is 2.27. The molecule has 0 amide bonds. The lowest BCUT2D eigenvalue weighted by Gasteiger charge is -2.00. The van der Waals surface area contributed by atoms with Crippen LogP contribution in [0.2, 0.25) is 5.02 Å². The van der Waals surface area contributed by atoms with Crippen LogP contribution in [0.15, 0.2) is 22.2 Å². The Labute approximate surface area is 79.9 Å². The Morgan fingerprint density at radius 2 is 2.09 bits per heavy atom. The molecule has 0 aliphatic carbocycles. The van der Waals surface area contributed by atoms with Gasteiger partial charge in [0.05, 0.1) is 10.0 Å². The zero-order valence-electron chi connectivity index (χ0n) is 6.30. The minimum absolute atomic E-state index is 0.732. The Kier molecular flexibility index (Phi) is 3.55. The number of aromatic nitrogens is 1. The van der Waals surface area contributed by atoms with E-state index in [4.69, 9.17) is 11.6 Å². The Morgan fingerprint density at radius 1 is 1.36 bits per heavy atom. The van der Waals surface area contributed by atoms with Crippen LogP contribution in [0.5, 0.6) is 0 Å². The first kappa shape index (κ1) is 9.23. The molecule has 0 aliphatic heterocycles. The fourth-order valence-corrected chi connectivity index (χ4v) is 1.95. The lowest BCUT2D eigenvalue weighted by atomic mass is 10.5. The third kappa shape index (κ3) is 2.29. The van der Waals surface area contributed by atoms with E-state index in [2.05, 4.69) is 4.98 Å². The maximum absolute atomic E-state index is 5.86. The Bertz CT molecular complexity index is 252. The molecular weight excluding hydrogens is 198 g/mol. The van der Waals surface area contributed by atoms with Gasteiger partial charge in [-0.1, -0.05) is 11.6 Å². The molecule has 0 fully saturated rings. The fourth-order valence-electron chi connectivity index (χ4n) is 0.670. The number of hydrogen-bond donors (Lipinski definition) is 0. The van der Waals surface area contributed by atoms with Crippen molar-refractivity contribution in [2.45, 2.75) is 9.92 Å². The zero-order chi connectivity index (χ0) is 8.27. The largest absolute Gasteiger partial charge is 0.248 e. The first-order chi connectivity index (χ1) is 5.27. The van der Waals surface area contributed by atoms with Crippen molar-refractivity contribution in [2.24, 2.45) is 0 Å². The average molecular weight is 206 g/mol. The molecule has 1 rings (SSSR count).